The molecule has 4 rings (SSSR count). The number of carbonyl (C=O) groups is 3. The third-order valence-corrected chi connectivity index (χ3v) is 5.80. The molecule has 0 atom stereocenters. The van der Waals surface area contributed by atoms with Gasteiger partial charge < -0.3 is 10.1 Å². The van der Waals surface area contributed by atoms with E-state index in [4.69, 9.17) is 4.74 Å². The van der Waals surface area contributed by atoms with E-state index in [0.29, 0.717) is 34.7 Å². The largest absolute Gasteiger partial charge is 0.489 e. The van der Waals surface area contributed by atoms with Crippen molar-refractivity contribution in [1.82, 2.24) is 4.90 Å². The monoisotopic (exact) mass is 498 g/mol. The van der Waals surface area contributed by atoms with Crippen LogP contribution in [-0.2, 0) is 16.2 Å². The third kappa shape index (κ3) is 5.90. The fourth-order valence-electron chi connectivity index (χ4n) is 3.18. The molecule has 35 heavy (non-hydrogen) atoms. The lowest BCUT2D eigenvalue weighted by molar-refractivity contribution is -0.127. The van der Waals surface area contributed by atoms with E-state index < -0.39 is 35.2 Å². The average Bonchev–Trinajstić information content (AvgIpc) is 3.08. The maximum Gasteiger partial charge on any atom is 0.294 e. The normalized spacial score (nSPS) is 14.5. The fourth-order valence-corrected chi connectivity index (χ4v) is 4.02. The van der Waals surface area contributed by atoms with E-state index in [1.54, 1.807) is 42.5 Å². The molecule has 1 heterocycles. The number of hydrogen-bond donors (Lipinski definition) is 1. The molecule has 178 valence electrons. The van der Waals surface area contributed by atoms with Gasteiger partial charge in [-0.05, 0) is 53.7 Å². The highest BCUT2D eigenvalue weighted by Crippen LogP contribution is 2.32. The molecule has 0 aliphatic carbocycles. The summed E-state index contributed by atoms with van der Waals surface area (Å²) in [6.45, 7) is -0.624. The van der Waals surface area contributed by atoms with Gasteiger partial charge in [-0.3, -0.25) is 19.3 Å². The molecule has 1 aliphatic heterocycles. The van der Waals surface area contributed by atoms with Gasteiger partial charge in [0.15, 0.2) is 0 Å². The zero-order valence-corrected chi connectivity index (χ0v) is 18.8. The number of hydrogen-bond acceptors (Lipinski definition) is 5. The van der Waals surface area contributed by atoms with E-state index in [0.717, 1.165) is 17.0 Å². The van der Waals surface area contributed by atoms with E-state index in [1.165, 1.54) is 12.1 Å². The Labute approximate surface area is 202 Å². The number of anilines is 1. The lowest BCUT2D eigenvalue weighted by atomic mass is 10.2. The second kappa shape index (κ2) is 10.5. The Bertz CT molecular complexity index is 1350. The highest BCUT2D eigenvalue weighted by molar-refractivity contribution is 8.18. The lowest BCUT2D eigenvalue weighted by Gasteiger charge is -2.12. The first-order chi connectivity index (χ1) is 16.8. The summed E-state index contributed by atoms with van der Waals surface area (Å²) in [5.41, 5.74) is 0.670. The molecule has 1 aliphatic rings. The minimum absolute atomic E-state index is 0.0103. The third-order valence-electron chi connectivity index (χ3n) is 4.89. The number of carbonyl (C=O) groups excluding carboxylic acids is 3. The van der Waals surface area contributed by atoms with Crippen LogP contribution in [0.2, 0.25) is 0 Å². The summed E-state index contributed by atoms with van der Waals surface area (Å²) in [5.74, 6) is -3.25. The summed E-state index contributed by atoms with van der Waals surface area (Å²) < 4.78 is 46.2. The van der Waals surface area contributed by atoms with E-state index >= 15 is 0 Å². The van der Waals surface area contributed by atoms with Crippen molar-refractivity contribution in [2.24, 2.45) is 0 Å². The van der Waals surface area contributed by atoms with E-state index in [-0.39, 0.29) is 23.0 Å². The van der Waals surface area contributed by atoms with Crippen LogP contribution in [0.15, 0.2) is 71.6 Å². The van der Waals surface area contributed by atoms with Crippen molar-refractivity contribution in [3.05, 3.63) is 100 Å². The molecule has 1 N–H and O–H groups in total. The predicted molar refractivity (Wildman–Crippen MR) is 125 cm³/mol. The standard InChI is InChI=1S/C25H17F3N2O4S/c26-17-8-9-21(20(28)12-17)29-23(31)13-30-24(32)22(35-25(30)33)11-15-4-3-6-18(10-15)34-14-16-5-1-2-7-19(16)27/h1-12H,13-14H2,(H,29,31). The molecule has 1 saturated heterocycles. The number of ether oxygens (including phenoxy) is 1. The van der Waals surface area contributed by atoms with Gasteiger partial charge in [0.2, 0.25) is 5.91 Å². The summed E-state index contributed by atoms with van der Waals surface area (Å²) in [6, 6.07) is 15.5. The number of amides is 3. The summed E-state index contributed by atoms with van der Waals surface area (Å²) >= 11 is 0.653. The first-order valence-electron chi connectivity index (χ1n) is 10.3. The molecule has 0 spiro atoms. The van der Waals surface area contributed by atoms with Gasteiger partial charge in [-0.1, -0.05) is 30.3 Å². The van der Waals surface area contributed by atoms with Gasteiger partial charge in [0.05, 0.1) is 10.6 Å². The van der Waals surface area contributed by atoms with Crippen LogP contribution in [0.3, 0.4) is 0 Å². The van der Waals surface area contributed by atoms with Crippen LogP contribution in [0.25, 0.3) is 6.08 Å². The van der Waals surface area contributed by atoms with Gasteiger partial charge in [-0.2, -0.15) is 0 Å². The molecule has 3 aromatic rings. The Morgan fingerprint density at radius 1 is 0.971 bits per heavy atom. The van der Waals surface area contributed by atoms with Crippen LogP contribution in [0.5, 0.6) is 5.75 Å². The molecule has 0 unspecified atom stereocenters. The SMILES string of the molecule is O=C(CN1C(=O)SC(=Cc2cccc(OCc3ccccc3F)c2)C1=O)Nc1ccc(F)cc1F. The lowest BCUT2D eigenvalue weighted by Crippen LogP contribution is -2.36. The zero-order valence-electron chi connectivity index (χ0n) is 18.0. The van der Waals surface area contributed by atoms with Gasteiger partial charge in [0.1, 0.15) is 36.4 Å². The summed E-state index contributed by atoms with van der Waals surface area (Å²) in [6.07, 6.45) is 1.47. The van der Waals surface area contributed by atoms with Crippen LogP contribution in [0, 0.1) is 17.5 Å². The maximum absolute atomic E-state index is 13.8. The second-order valence-corrected chi connectivity index (χ2v) is 8.39. The minimum atomic E-state index is -0.982. The van der Waals surface area contributed by atoms with Crippen LogP contribution in [-0.4, -0.2) is 28.5 Å². The van der Waals surface area contributed by atoms with Crippen molar-refractivity contribution in [2.45, 2.75) is 6.61 Å². The van der Waals surface area contributed by atoms with Crippen LogP contribution in [0.1, 0.15) is 11.1 Å². The van der Waals surface area contributed by atoms with Gasteiger partial charge in [-0.15, -0.1) is 0 Å². The topological polar surface area (TPSA) is 75.7 Å². The first-order valence-corrected chi connectivity index (χ1v) is 11.1. The van der Waals surface area contributed by atoms with E-state index in [1.807, 2.05) is 0 Å². The van der Waals surface area contributed by atoms with E-state index in [2.05, 4.69) is 5.32 Å². The number of halogens is 3. The minimum Gasteiger partial charge on any atom is -0.489 e. The van der Waals surface area contributed by atoms with Crippen molar-refractivity contribution in [3.63, 3.8) is 0 Å². The van der Waals surface area contributed by atoms with Crippen LogP contribution < -0.4 is 10.1 Å². The van der Waals surface area contributed by atoms with Gasteiger partial charge in [0, 0.05) is 11.6 Å². The number of benzene rings is 3. The van der Waals surface area contributed by atoms with Crippen LogP contribution >= 0.6 is 11.8 Å². The molecule has 0 aromatic heterocycles. The summed E-state index contributed by atoms with van der Waals surface area (Å²) in [7, 11) is 0. The molecule has 0 radical (unpaired) electrons. The number of rotatable bonds is 7. The molecule has 0 bridgehead atoms. The molecule has 1 fully saturated rings. The Morgan fingerprint density at radius 3 is 2.54 bits per heavy atom. The number of imide groups is 1. The van der Waals surface area contributed by atoms with Crippen molar-refractivity contribution in [2.75, 3.05) is 11.9 Å². The molecule has 3 amide bonds. The highest BCUT2D eigenvalue weighted by atomic mass is 32.2. The van der Waals surface area contributed by atoms with Gasteiger partial charge in [0.25, 0.3) is 11.1 Å². The smallest absolute Gasteiger partial charge is 0.294 e. The summed E-state index contributed by atoms with van der Waals surface area (Å²) in [4.78, 5) is 38.0. The molecule has 6 nitrogen and oxygen atoms in total. The highest BCUT2D eigenvalue weighted by Gasteiger charge is 2.36. The Kier molecular flexibility index (Phi) is 7.21. The fraction of sp³-hybridized carbons (Fsp3) is 0.0800. The molecule has 0 saturated carbocycles. The predicted octanol–water partition coefficient (Wildman–Crippen LogP) is 5.36. The molecular formula is C25H17F3N2O4S. The van der Waals surface area contributed by atoms with E-state index in [9.17, 15) is 27.6 Å². The van der Waals surface area contributed by atoms with Crippen LogP contribution in [0.4, 0.5) is 23.7 Å². The number of thioether (sulfide) groups is 1. The van der Waals surface area contributed by atoms with Crippen molar-refractivity contribution in [1.29, 1.82) is 0 Å². The second-order valence-electron chi connectivity index (χ2n) is 7.39. The van der Waals surface area contributed by atoms with Gasteiger partial charge in [-0.25, -0.2) is 13.2 Å². The molecule has 10 heteroatoms. The van der Waals surface area contributed by atoms with Crippen molar-refractivity contribution >= 4 is 40.6 Å². The maximum atomic E-state index is 13.8. The first kappa shape index (κ1) is 24.1. The Hall–Kier alpha value is -4.05. The van der Waals surface area contributed by atoms with Crippen molar-refractivity contribution < 1.29 is 32.3 Å². The number of nitrogens with zero attached hydrogens (tertiary/aromatic N) is 1. The summed E-state index contributed by atoms with van der Waals surface area (Å²) in [5, 5.41) is 1.55. The average molecular weight is 498 g/mol. The number of nitrogens with one attached hydrogen (secondary N) is 1. The quantitative estimate of drug-likeness (QED) is 0.444. The molecule has 3 aromatic carbocycles. The molecular weight excluding hydrogens is 481 g/mol. The zero-order chi connectivity index (χ0) is 24.9. The Morgan fingerprint density at radius 2 is 1.77 bits per heavy atom. The van der Waals surface area contributed by atoms with Crippen molar-refractivity contribution in [3.8, 4) is 5.75 Å². The van der Waals surface area contributed by atoms with Gasteiger partial charge >= 0.3 is 0 Å². The Balaban J connectivity index is 1.41.